The van der Waals surface area contributed by atoms with Crippen LogP contribution in [0.2, 0.25) is 0 Å². The molecule has 1 atom stereocenters. The predicted molar refractivity (Wildman–Crippen MR) is 87.6 cm³/mol. The van der Waals surface area contributed by atoms with Gasteiger partial charge in [-0.05, 0) is 47.9 Å². The van der Waals surface area contributed by atoms with Crippen LogP contribution in [0.1, 0.15) is 42.0 Å². The SMILES string of the molecule is CCC(O)(Cc1ccccc1)Cc1ccc2c(c1)CCC2. The average Bonchev–Trinajstić information content (AvgIpc) is 2.96. The molecular weight excluding hydrogens is 256 g/mol. The first kappa shape index (κ1) is 14.3. The maximum absolute atomic E-state index is 11.0. The van der Waals surface area contributed by atoms with Gasteiger partial charge in [0.15, 0.2) is 0 Å². The number of aliphatic hydroxyl groups is 1. The Bertz CT molecular complexity index is 602. The molecule has 1 heteroatoms. The first-order valence-electron chi connectivity index (χ1n) is 8.05. The van der Waals surface area contributed by atoms with Crippen molar-refractivity contribution in [1.82, 2.24) is 0 Å². The van der Waals surface area contributed by atoms with E-state index in [-0.39, 0.29) is 0 Å². The van der Waals surface area contributed by atoms with E-state index in [1.165, 1.54) is 41.5 Å². The van der Waals surface area contributed by atoms with Crippen LogP contribution in [0.5, 0.6) is 0 Å². The van der Waals surface area contributed by atoms with Gasteiger partial charge in [-0.1, -0.05) is 55.5 Å². The topological polar surface area (TPSA) is 20.2 Å². The molecular formula is C20H24O. The number of benzene rings is 2. The second-order valence-electron chi connectivity index (χ2n) is 6.37. The van der Waals surface area contributed by atoms with Gasteiger partial charge in [-0.2, -0.15) is 0 Å². The normalized spacial score (nSPS) is 16.5. The van der Waals surface area contributed by atoms with E-state index in [0.29, 0.717) is 0 Å². The van der Waals surface area contributed by atoms with Crippen LogP contribution >= 0.6 is 0 Å². The average molecular weight is 280 g/mol. The van der Waals surface area contributed by atoms with E-state index in [2.05, 4.69) is 37.3 Å². The van der Waals surface area contributed by atoms with Crippen molar-refractivity contribution in [3.05, 3.63) is 70.8 Å². The Balaban J connectivity index is 1.77. The van der Waals surface area contributed by atoms with Gasteiger partial charge in [-0.25, -0.2) is 0 Å². The van der Waals surface area contributed by atoms with Gasteiger partial charge in [0.2, 0.25) is 0 Å². The summed E-state index contributed by atoms with van der Waals surface area (Å²) in [7, 11) is 0. The molecule has 110 valence electrons. The van der Waals surface area contributed by atoms with E-state index in [9.17, 15) is 5.11 Å². The molecule has 3 rings (SSSR count). The molecule has 2 aromatic carbocycles. The Morgan fingerprint density at radius 1 is 0.905 bits per heavy atom. The summed E-state index contributed by atoms with van der Waals surface area (Å²) < 4.78 is 0. The van der Waals surface area contributed by atoms with Gasteiger partial charge in [0, 0.05) is 12.8 Å². The van der Waals surface area contributed by atoms with Crippen LogP contribution in [0.3, 0.4) is 0 Å². The van der Waals surface area contributed by atoms with Crippen LogP contribution in [0, 0.1) is 0 Å². The van der Waals surface area contributed by atoms with E-state index in [0.717, 1.165) is 19.3 Å². The lowest BCUT2D eigenvalue weighted by Gasteiger charge is -2.27. The molecule has 1 N–H and O–H groups in total. The molecule has 0 fully saturated rings. The maximum atomic E-state index is 11.0. The van der Waals surface area contributed by atoms with Crippen LogP contribution in [0.4, 0.5) is 0 Å². The molecule has 0 heterocycles. The summed E-state index contributed by atoms with van der Waals surface area (Å²) in [6.45, 7) is 2.08. The Kier molecular flexibility index (Phi) is 4.12. The molecule has 0 bridgehead atoms. The van der Waals surface area contributed by atoms with Crippen molar-refractivity contribution in [3.8, 4) is 0 Å². The molecule has 1 aliphatic carbocycles. The fourth-order valence-corrected chi connectivity index (χ4v) is 3.40. The molecule has 0 spiro atoms. The largest absolute Gasteiger partial charge is 0.389 e. The van der Waals surface area contributed by atoms with E-state index in [1.807, 2.05) is 18.2 Å². The molecule has 0 saturated carbocycles. The van der Waals surface area contributed by atoms with Crippen LogP contribution < -0.4 is 0 Å². The number of rotatable bonds is 5. The van der Waals surface area contributed by atoms with Gasteiger partial charge >= 0.3 is 0 Å². The lowest BCUT2D eigenvalue weighted by Crippen LogP contribution is -2.33. The van der Waals surface area contributed by atoms with Crippen molar-refractivity contribution in [2.24, 2.45) is 0 Å². The summed E-state index contributed by atoms with van der Waals surface area (Å²) in [6, 6.07) is 17.1. The highest BCUT2D eigenvalue weighted by atomic mass is 16.3. The molecule has 1 aliphatic rings. The van der Waals surface area contributed by atoms with Crippen molar-refractivity contribution in [2.45, 2.75) is 51.0 Å². The highest BCUT2D eigenvalue weighted by Crippen LogP contribution is 2.27. The molecule has 0 amide bonds. The molecule has 0 saturated heterocycles. The van der Waals surface area contributed by atoms with E-state index >= 15 is 0 Å². The lowest BCUT2D eigenvalue weighted by atomic mass is 9.85. The Morgan fingerprint density at radius 2 is 1.62 bits per heavy atom. The van der Waals surface area contributed by atoms with Crippen molar-refractivity contribution in [1.29, 1.82) is 0 Å². The summed E-state index contributed by atoms with van der Waals surface area (Å²) in [5.74, 6) is 0. The molecule has 0 radical (unpaired) electrons. The second kappa shape index (κ2) is 6.03. The third-order valence-corrected chi connectivity index (χ3v) is 4.73. The fourth-order valence-electron chi connectivity index (χ4n) is 3.40. The molecule has 1 unspecified atom stereocenters. The Morgan fingerprint density at radius 3 is 2.38 bits per heavy atom. The van der Waals surface area contributed by atoms with Crippen molar-refractivity contribution >= 4 is 0 Å². The zero-order valence-electron chi connectivity index (χ0n) is 12.8. The maximum Gasteiger partial charge on any atom is 0.0725 e. The standard InChI is InChI=1S/C20H24O/c1-2-20(21,14-16-7-4-3-5-8-16)15-17-11-12-18-9-6-10-19(18)13-17/h3-5,7-8,11-13,21H,2,6,9-10,14-15H2,1H3. The van der Waals surface area contributed by atoms with Crippen molar-refractivity contribution < 1.29 is 5.11 Å². The third-order valence-electron chi connectivity index (χ3n) is 4.73. The minimum Gasteiger partial charge on any atom is -0.389 e. The summed E-state index contributed by atoms with van der Waals surface area (Å²) in [6.07, 6.45) is 5.94. The fraction of sp³-hybridized carbons (Fsp3) is 0.400. The minimum atomic E-state index is -0.645. The zero-order valence-corrected chi connectivity index (χ0v) is 12.8. The van der Waals surface area contributed by atoms with Crippen LogP contribution in [-0.4, -0.2) is 10.7 Å². The minimum absolute atomic E-state index is 0.645. The van der Waals surface area contributed by atoms with Gasteiger partial charge in [0.1, 0.15) is 0 Å². The number of hydrogen-bond donors (Lipinski definition) is 1. The monoisotopic (exact) mass is 280 g/mol. The second-order valence-corrected chi connectivity index (χ2v) is 6.37. The van der Waals surface area contributed by atoms with E-state index < -0.39 is 5.60 Å². The Labute approximate surface area is 127 Å². The third kappa shape index (κ3) is 3.36. The summed E-state index contributed by atoms with van der Waals surface area (Å²) >= 11 is 0. The Hall–Kier alpha value is -1.60. The summed E-state index contributed by atoms with van der Waals surface area (Å²) in [5, 5.41) is 11.0. The van der Waals surface area contributed by atoms with Crippen LogP contribution in [0.25, 0.3) is 0 Å². The van der Waals surface area contributed by atoms with Crippen molar-refractivity contribution in [3.63, 3.8) is 0 Å². The predicted octanol–water partition coefficient (Wildman–Crippen LogP) is 4.10. The van der Waals surface area contributed by atoms with E-state index in [1.54, 1.807) is 0 Å². The van der Waals surface area contributed by atoms with Crippen molar-refractivity contribution in [2.75, 3.05) is 0 Å². The van der Waals surface area contributed by atoms with Gasteiger partial charge < -0.3 is 5.11 Å². The first-order chi connectivity index (χ1) is 10.2. The molecule has 0 aliphatic heterocycles. The smallest absolute Gasteiger partial charge is 0.0725 e. The highest BCUT2D eigenvalue weighted by molar-refractivity contribution is 5.36. The quantitative estimate of drug-likeness (QED) is 0.874. The molecule has 2 aromatic rings. The molecule has 21 heavy (non-hydrogen) atoms. The van der Waals surface area contributed by atoms with Crippen LogP contribution in [0.15, 0.2) is 48.5 Å². The number of hydrogen-bond acceptors (Lipinski definition) is 1. The lowest BCUT2D eigenvalue weighted by molar-refractivity contribution is 0.0368. The van der Waals surface area contributed by atoms with Gasteiger partial charge in [-0.3, -0.25) is 0 Å². The van der Waals surface area contributed by atoms with E-state index in [4.69, 9.17) is 0 Å². The van der Waals surface area contributed by atoms with Crippen LogP contribution in [-0.2, 0) is 25.7 Å². The zero-order chi connectivity index (χ0) is 14.7. The summed E-state index contributed by atoms with van der Waals surface area (Å²) in [5.41, 5.74) is 4.83. The number of fused-ring (bicyclic) bond motifs is 1. The summed E-state index contributed by atoms with van der Waals surface area (Å²) in [4.78, 5) is 0. The number of aryl methyl sites for hydroxylation is 2. The van der Waals surface area contributed by atoms with Gasteiger partial charge in [0.05, 0.1) is 5.60 Å². The molecule has 1 nitrogen and oxygen atoms in total. The van der Waals surface area contributed by atoms with Gasteiger partial charge in [0.25, 0.3) is 0 Å². The molecule has 0 aromatic heterocycles. The first-order valence-corrected chi connectivity index (χ1v) is 8.05. The highest BCUT2D eigenvalue weighted by Gasteiger charge is 2.26. The van der Waals surface area contributed by atoms with Gasteiger partial charge in [-0.15, -0.1) is 0 Å².